The summed E-state index contributed by atoms with van der Waals surface area (Å²) in [5.74, 6) is 1.12. The fraction of sp³-hybridized carbons (Fsp3) is 0.643. The standard InChI is InChI=1S/C14H22N4O2/c1-10-3-5-18(6-4-10)14-16-8-11(9-17-14)7-12(15)13(19)20-2/h8-10,12H,3-7,15H2,1-2H3. The van der Waals surface area contributed by atoms with Gasteiger partial charge in [0, 0.05) is 31.9 Å². The van der Waals surface area contributed by atoms with Gasteiger partial charge in [-0.3, -0.25) is 4.79 Å². The summed E-state index contributed by atoms with van der Waals surface area (Å²) >= 11 is 0. The number of ether oxygens (including phenoxy) is 1. The lowest BCUT2D eigenvalue weighted by Crippen LogP contribution is -2.35. The van der Waals surface area contributed by atoms with Gasteiger partial charge in [0.05, 0.1) is 7.11 Å². The Kier molecular flexibility index (Phi) is 4.89. The Bertz CT molecular complexity index is 441. The van der Waals surface area contributed by atoms with Gasteiger partial charge in [-0.05, 0) is 24.3 Å². The predicted molar refractivity (Wildman–Crippen MR) is 76.3 cm³/mol. The molecule has 0 amide bonds. The summed E-state index contributed by atoms with van der Waals surface area (Å²) in [5.41, 5.74) is 6.56. The number of carbonyl (C=O) groups excluding carboxylic acids is 1. The van der Waals surface area contributed by atoms with Gasteiger partial charge >= 0.3 is 5.97 Å². The summed E-state index contributed by atoms with van der Waals surface area (Å²) in [6.07, 6.45) is 6.23. The number of nitrogens with two attached hydrogens (primary N) is 1. The van der Waals surface area contributed by atoms with Crippen LogP contribution in [0.2, 0.25) is 0 Å². The summed E-state index contributed by atoms with van der Waals surface area (Å²) in [7, 11) is 1.33. The highest BCUT2D eigenvalue weighted by Gasteiger charge is 2.18. The fourth-order valence-electron chi connectivity index (χ4n) is 2.31. The van der Waals surface area contributed by atoms with Crippen LogP contribution in [0.15, 0.2) is 12.4 Å². The van der Waals surface area contributed by atoms with Crippen LogP contribution in [0.3, 0.4) is 0 Å². The van der Waals surface area contributed by atoms with E-state index in [1.165, 1.54) is 20.0 Å². The van der Waals surface area contributed by atoms with E-state index in [9.17, 15) is 4.79 Å². The van der Waals surface area contributed by atoms with E-state index in [0.717, 1.165) is 30.5 Å². The summed E-state index contributed by atoms with van der Waals surface area (Å²) in [6, 6.07) is -0.662. The second-order valence-electron chi connectivity index (χ2n) is 5.39. The van der Waals surface area contributed by atoms with E-state index in [4.69, 9.17) is 5.73 Å². The highest BCUT2D eigenvalue weighted by atomic mass is 16.5. The third-order valence-electron chi connectivity index (χ3n) is 3.72. The third kappa shape index (κ3) is 3.66. The van der Waals surface area contributed by atoms with Crippen LogP contribution in [0.1, 0.15) is 25.3 Å². The first kappa shape index (κ1) is 14.7. The lowest BCUT2D eigenvalue weighted by atomic mass is 10.00. The Balaban J connectivity index is 1.94. The molecular weight excluding hydrogens is 256 g/mol. The maximum atomic E-state index is 11.3. The van der Waals surface area contributed by atoms with Gasteiger partial charge in [0.1, 0.15) is 6.04 Å². The second kappa shape index (κ2) is 6.65. The van der Waals surface area contributed by atoms with Crippen molar-refractivity contribution < 1.29 is 9.53 Å². The molecule has 0 spiro atoms. The van der Waals surface area contributed by atoms with E-state index in [-0.39, 0.29) is 0 Å². The molecule has 1 fully saturated rings. The van der Waals surface area contributed by atoms with Crippen LogP contribution in [-0.2, 0) is 16.0 Å². The Hall–Kier alpha value is -1.69. The molecule has 0 saturated carbocycles. The predicted octanol–water partition coefficient (Wildman–Crippen LogP) is 0.756. The first-order valence-corrected chi connectivity index (χ1v) is 6.99. The van der Waals surface area contributed by atoms with Crippen molar-refractivity contribution in [2.45, 2.75) is 32.2 Å². The van der Waals surface area contributed by atoms with Crippen LogP contribution in [0.25, 0.3) is 0 Å². The molecule has 1 atom stereocenters. The molecule has 0 radical (unpaired) electrons. The van der Waals surface area contributed by atoms with Gasteiger partial charge in [-0.15, -0.1) is 0 Å². The van der Waals surface area contributed by atoms with Crippen LogP contribution in [0, 0.1) is 5.92 Å². The largest absolute Gasteiger partial charge is 0.468 e. The summed E-state index contributed by atoms with van der Waals surface area (Å²) in [5, 5.41) is 0. The molecule has 2 heterocycles. The minimum atomic E-state index is -0.662. The van der Waals surface area contributed by atoms with Gasteiger partial charge in [0.15, 0.2) is 0 Å². The van der Waals surface area contributed by atoms with Crippen molar-refractivity contribution in [2.24, 2.45) is 11.7 Å². The van der Waals surface area contributed by atoms with Crippen LogP contribution in [-0.4, -0.2) is 42.2 Å². The van der Waals surface area contributed by atoms with Crippen molar-refractivity contribution in [3.05, 3.63) is 18.0 Å². The lowest BCUT2D eigenvalue weighted by molar-refractivity contribution is -0.142. The molecule has 0 bridgehead atoms. The zero-order valence-electron chi connectivity index (χ0n) is 12.1. The van der Waals surface area contributed by atoms with Gasteiger partial charge in [-0.1, -0.05) is 6.92 Å². The Morgan fingerprint density at radius 1 is 1.45 bits per heavy atom. The van der Waals surface area contributed by atoms with Crippen LogP contribution < -0.4 is 10.6 Å². The molecule has 1 saturated heterocycles. The molecule has 110 valence electrons. The minimum Gasteiger partial charge on any atom is -0.468 e. The van der Waals surface area contributed by atoms with E-state index in [1.807, 2.05) is 0 Å². The van der Waals surface area contributed by atoms with Gasteiger partial charge in [0.2, 0.25) is 5.95 Å². The minimum absolute atomic E-state index is 0.393. The smallest absolute Gasteiger partial charge is 0.322 e. The van der Waals surface area contributed by atoms with Crippen molar-refractivity contribution in [3.63, 3.8) is 0 Å². The lowest BCUT2D eigenvalue weighted by Gasteiger charge is -2.30. The number of rotatable bonds is 4. The molecule has 20 heavy (non-hydrogen) atoms. The van der Waals surface area contributed by atoms with Gasteiger partial charge in [-0.2, -0.15) is 0 Å². The summed E-state index contributed by atoms with van der Waals surface area (Å²) < 4.78 is 4.60. The highest BCUT2D eigenvalue weighted by Crippen LogP contribution is 2.19. The molecule has 6 nitrogen and oxygen atoms in total. The molecule has 1 aliphatic rings. The van der Waals surface area contributed by atoms with E-state index in [0.29, 0.717) is 6.42 Å². The van der Waals surface area contributed by atoms with E-state index in [2.05, 4.69) is 26.5 Å². The fourth-order valence-corrected chi connectivity index (χ4v) is 2.31. The zero-order chi connectivity index (χ0) is 14.5. The number of nitrogens with zero attached hydrogens (tertiary/aromatic N) is 3. The molecule has 1 aliphatic heterocycles. The normalized spacial score (nSPS) is 17.9. The van der Waals surface area contributed by atoms with Gasteiger partial charge in [-0.25, -0.2) is 9.97 Å². The summed E-state index contributed by atoms with van der Waals surface area (Å²) in [6.45, 7) is 4.28. The van der Waals surface area contributed by atoms with Crippen molar-refractivity contribution >= 4 is 11.9 Å². The third-order valence-corrected chi connectivity index (χ3v) is 3.72. The number of anilines is 1. The van der Waals surface area contributed by atoms with E-state index in [1.54, 1.807) is 12.4 Å². The molecular formula is C14H22N4O2. The number of esters is 1. The summed E-state index contributed by atoms with van der Waals surface area (Å²) in [4.78, 5) is 22.2. The molecule has 0 aliphatic carbocycles. The molecule has 6 heteroatoms. The molecule has 1 aromatic heterocycles. The number of aromatic nitrogens is 2. The monoisotopic (exact) mass is 278 g/mol. The Morgan fingerprint density at radius 3 is 2.60 bits per heavy atom. The Labute approximate surface area is 119 Å². The Morgan fingerprint density at radius 2 is 2.05 bits per heavy atom. The van der Waals surface area contributed by atoms with Crippen LogP contribution in [0.5, 0.6) is 0 Å². The topological polar surface area (TPSA) is 81.3 Å². The zero-order valence-corrected chi connectivity index (χ0v) is 12.1. The number of hydrogen-bond acceptors (Lipinski definition) is 6. The quantitative estimate of drug-likeness (QED) is 0.819. The number of methoxy groups -OCH3 is 1. The molecule has 1 aromatic rings. The van der Waals surface area contributed by atoms with Gasteiger partial charge < -0.3 is 15.4 Å². The van der Waals surface area contributed by atoms with E-state index < -0.39 is 12.0 Å². The molecule has 1 unspecified atom stereocenters. The molecule has 2 rings (SSSR count). The SMILES string of the molecule is COC(=O)C(N)Cc1cnc(N2CCC(C)CC2)nc1. The first-order valence-electron chi connectivity index (χ1n) is 6.99. The maximum Gasteiger partial charge on any atom is 0.322 e. The van der Waals surface area contributed by atoms with Crippen LogP contribution >= 0.6 is 0 Å². The molecule has 2 N–H and O–H groups in total. The number of piperidine rings is 1. The number of hydrogen-bond donors (Lipinski definition) is 1. The maximum absolute atomic E-state index is 11.3. The first-order chi connectivity index (χ1) is 9.60. The van der Waals surface area contributed by atoms with Crippen LogP contribution in [0.4, 0.5) is 5.95 Å². The molecule has 0 aromatic carbocycles. The average molecular weight is 278 g/mol. The number of carbonyl (C=O) groups is 1. The highest BCUT2D eigenvalue weighted by molar-refractivity contribution is 5.75. The second-order valence-corrected chi connectivity index (χ2v) is 5.39. The van der Waals surface area contributed by atoms with Gasteiger partial charge in [0.25, 0.3) is 0 Å². The van der Waals surface area contributed by atoms with Crippen molar-refractivity contribution in [1.29, 1.82) is 0 Å². The van der Waals surface area contributed by atoms with Crippen molar-refractivity contribution in [1.82, 2.24) is 9.97 Å². The van der Waals surface area contributed by atoms with Crippen molar-refractivity contribution in [2.75, 3.05) is 25.1 Å². The van der Waals surface area contributed by atoms with Crippen molar-refractivity contribution in [3.8, 4) is 0 Å². The average Bonchev–Trinajstić information content (AvgIpc) is 2.48. The van der Waals surface area contributed by atoms with E-state index >= 15 is 0 Å².